The van der Waals surface area contributed by atoms with Crippen LogP contribution in [0.2, 0.25) is 0 Å². The summed E-state index contributed by atoms with van der Waals surface area (Å²) in [6.07, 6.45) is -8.75. The van der Waals surface area contributed by atoms with E-state index in [9.17, 15) is 30.7 Å². The molecule has 2 atom stereocenters. The summed E-state index contributed by atoms with van der Waals surface area (Å²) in [5, 5.41) is 0. The molecule has 1 saturated heterocycles. The van der Waals surface area contributed by atoms with E-state index >= 15 is 0 Å². The van der Waals surface area contributed by atoms with Crippen molar-refractivity contribution in [2.45, 2.75) is 69.6 Å². The second-order valence-electron chi connectivity index (χ2n) is 5.72. The van der Waals surface area contributed by atoms with E-state index in [2.05, 4.69) is 0 Å². The highest BCUT2D eigenvalue weighted by Crippen LogP contribution is 2.42. The van der Waals surface area contributed by atoms with Gasteiger partial charge in [-0.3, -0.25) is 4.90 Å². The number of hydrogen-bond acceptors (Lipinski definition) is 1. The third-order valence-electron chi connectivity index (χ3n) is 3.85. The molecule has 0 saturated carbocycles. The van der Waals surface area contributed by atoms with Crippen LogP contribution in [-0.2, 0) is 0 Å². The molecule has 1 aliphatic heterocycles. The van der Waals surface area contributed by atoms with Gasteiger partial charge >= 0.3 is 18.5 Å². The molecule has 0 aliphatic carbocycles. The lowest BCUT2D eigenvalue weighted by Crippen LogP contribution is -2.59. The van der Waals surface area contributed by atoms with Crippen LogP contribution in [0.3, 0.4) is 0 Å². The SMILES string of the molecule is CC1CCCC(C)(CC(F)(F)C(F)F)N1CC(F)(F)F. The fraction of sp³-hybridized carbons (Fsp3) is 1.00. The van der Waals surface area contributed by atoms with Crippen molar-refractivity contribution in [3.63, 3.8) is 0 Å². The van der Waals surface area contributed by atoms with Crippen molar-refractivity contribution >= 4 is 0 Å². The summed E-state index contributed by atoms with van der Waals surface area (Å²) in [5.74, 6) is -4.28. The molecule has 0 aromatic heterocycles. The molecule has 1 rings (SSSR count). The zero-order valence-corrected chi connectivity index (χ0v) is 11.3. The molecule has 0 aromatic rings. The largest absolute Gasteiger partial charge is 0.401 e. The average Bonchev–Trinajstić information content (AvgIpc) is 2.21. The second kappa shape index (κ2) is 5.69. The first-order valence-electron chi connectivity index (χ1n) is 6.37. The van der Waals surface area contributed by atoms with Gasteiger partial charge in [-0.1, -0.05) is 6.42 Å². The quantitative estimate of drug-likeness (QED) is 0.692. The highest BCUT2D eigenvalue weighted by molar-refractivity contribution is 4.97. The number of halogens is 7. The molecule has 0 amide bonds. The van der Waals surface area contributed by atoms with Crippen LogP contribution in [0.5, 0.6) is 0 Å². The molecule has 0 bridgehead atoms. The van der Waals surface area contributed by atoms with Crippen molar-refractivity contribution in [2.75, 3.05) is 6.54 Å². The van der Waals surface area contributed by atoms with E-state index in [1.54, 1.807) is 0 Å². The van der Waals surface area contributed by atoms with Gasteiger partial charge in [-0.2, -0.15) is 13.2 Å². The van der Waals surface area contributed by atoms with Gasteiger partial charge in [-0.15, -0.1) is 0 Å². The number of nitrogens with zero attached hydrogens (tertiary/aromatic N) is 1. The number of rotatable bonds is 4. The van der Waals surface area contributed by atoms with Gasteiger partial charge in [-0.25, -0.2) is 17.6 Å². The van der Waals surface area contributed by atoms with Crippen LogP contribution in [0, 0.1) is 0 Å². The Bertz CT molecular complexity index is 328. The van der Waals surface area contributed by atoms with Gasteiger partial charge < -0.3 is 0 Å². The van der Waals surface area contributed by atoms with Crippen LogP contribution in [0.1, 0.15) is 39.5 Å². The summed E-state index contributed by atoms with van der Waals surface area (Å²) in [5.41, 5.74) is -1.58. The highest BCUT2D eigenvalue weighted by Gasteiger charge is 2.52. The Hall–Kier alpha value is -0.530. The van der Waals surface area contributed by atoms with E-state index in [0.717, 1.165) is 4.90 Å². The van der Waals surface area contributed by atoms with Crippen molar-refractivity contribution in [1.29, 1.82) is 0 Å². The van der Waals surface area contributed by atoms with Crippen LogP contribution in [0.25, 0.3) is 0 Å². The summed E-state index contributed by atoms with van der Waals surface area (Å²) in [6, 6.07) is -0.566. The molecular weight excluding hydrogens is 291 g/mol. The van der Waals surface area contributed by atoms with Gasteiger partial charge in [0.25, 0.3) is 0 Å². The van der Waals surface area contributed by atoms with Crippen LogP contribution >= 0.6 is 0 Å². The molecule has 1 aliphatic rings. The highest BCUT2D eigenvalue weighted by atomic mass is 19.4. The van der Waals surface area contributed by atoms with Crippen molar-refractivity contribution in [1.82, 2.24) is 4.90 Å². The van der Waals surface area contributed by atoms with Gasteiger partial charge in [0.2, 0.25) is 0 Å². The van der Waals surface area contributed by atoms with Crippen LogP contribution in [0.4, 0.5) is 30.7 Å². The lowest BCUT2D eigenvalue weighted by atomic mass is 9.80. The first kappa shape index (κ1) is 17.5. The summed E-state index contributed by atoms with van der Waals surface area (Å²) in [4.78, 5) is 0.896. The molecule has 1 heterocycles. The van der Waals surface area contributed by atoms with Gasteiger partial charge in [0, 0.05) is 18.0 Å². The Morgan fingerprint density at radius 2 is 1.75 bits per heavy atom. The smallest absolute Gasteiger partial charge is 0.287 e. The second-order valence-corrected chi connectivity index (χ2v) is 5.72. The molecule has 0 spiro atoms. The fourth-order valence-corrected chi connectivity index (χ4v) is 2.92. The molecule has 120 valence electrons. The van der Waals surface area contributed by atoms with Crippen LogP contribution in [-0.4, -0.2) is 41.5 Å². The average molecular weight is 309 g/mol. The topological polar surface area (TPSA) is 3.24 Å². The first-order valence-corrected chi connectivity index (χ1v) is 6.37. The molecule has 1 fully saturated rings. The Kier molecular flexibility index (Phi) is 4.99. The minimum atomic E-state index is -4.55. The molecule has 8 heteroatoms. The van der Waals surface area contributed by atoms with E-state index in [0.29, 0.717) is 12.8 Å². The molecule has 2 unspecified atom stereocenters. The molecule has 1 nitrogen and oxygen atoms in total. The zero-order chi connectivity index (χ0) is 15.8. The maximum atomic E-state index is 13.3. The minimum absolute atomic E-state index is 0.0513. The van der Waals surface area contributed by atoms with E-state index in [1.165, 1.54) is 13.8 Å². The van der Waals surface area contributed by atoms with Gasteiger partial charge in [0.05, 0.1) is 6.54 Å². The minimum Gasteiger partial charge on any atom is -0.287 e. The predicted octanol–water partition coefficient (Wildman–Crippen LogP) is 4.47. The molecule has 20 heavy (non-hydrogen) atoms. The van der Waals surface area contributed by atoms with Crippen molar-refractivity contribution in [3.8, 4) is 0 Å². The maximum Gasteiger partial charge on any atom is 0.401 e. The van der Waals surface area contributed by atoms with Gasteiger partial charge in [0.15, 0.2) is 0 Å². The predicted molar refractivity (Wildman–Crippen MR) is 60.0 cm³/mol. The Balaban J connectivity index is 2.96. The molecule has 0 aromatic carbocycles. The van der Waals surface area contributed by atoms with E-state index in [1.807, 2.05) is 0 Å². The van der Waals surface area contributed by atoms with Crippen LogP contribution in [0.15, 0.2) is 0 Å². The van der Waals surface area contributed by atoms with Crippen molar-refractivity contribution in [3.05, 3.63) is 0 Å². The monoisotopic (exact) mass is 309 g/mol. The number of likely N-dealkylation sites (tertiary alicyclic amines) is 1. The number of alkyl halides is 7. The van der Waals surface area contributed by atoms with Gasteiger partial charge in [-0.05, 0) is 26.7 Å². The maximum absolute atomic E-state index is 13.3. The lowest BCUT2D eigenvalue weighted by Gasteiger charge is -2.50. The standard InChI is InChI=1S/C12H18F7N/c1-8-4-3-5-10(2,6-11(15,16)9(13)14)20(8)7-12(17,18)19/h8-9H,3-7H2,1-2H3. The third-order valence-corrected chi connectivity index (χ3v) is 3.85. The normalized spacial score (nSPS) is 30.0. The fourth-order valence-electron chi connectivity index (χ4n) is 2.92. The number of piperidine rings is 1. The Morgan fingerprint density at radius 3 is 2.20 bits per heavy atom. The van der Waals surface area contributed by atoms with E-state index < -0.39 is 43.1 Å². The Morgan fingerprint density at radius 1 is 1.20 bits per heavy atom. The summed E-state index contributed by atoms with van der Waals surface area (Å²) >= 11 is 0. The third kappa shape index (κ3) is 4.23. The lowest BCUT2D eigenvalue weighted by molar-refractivity contribution is -0.195. The summed E-state index contributed by atoms with van der Waals surface area (Å²) in [7, 11) is 0. The number of hydrogen-bond donors (Lipinski definition) is 0. The molecule has 0 N–H and O–H groups in total. The molecule has 0 radical (unpaired) electrons. The van der Waals surface area contributed by atoms with Gasteiger partial charge in [0.1, 0.15) is 0 Å². The van der Waals surface area contributed by atoms with E-state index in [4.69, 9.17) is 0 Å². The van der Waals surface area contributed by atoms with E-state index in [-0.39, 0.29) is 6.42 Å². The van der Waals surface area contributed by atoms with Crippen molar-refractivity contribution in [2.24, 2.45) is 0 Å². The summed E-state index contributed by atoms with van der Waals surface area (Å²) in [6.45, 7) is 1.36. The first-order chi connectivity index (χ1) is 8.87. The van der Waals surface area contributed by atoms with Crippen LogP contribution < -0.4 is 0 Å². The van der Waals surface area contributed by atoms with Crippen molar-refractivity contribution < 1.29 is 30.7 Å². The molecular formula is C12H18F7N. The summed E-state index contributed by atoms with van der Waals surface area (Å²) < 4.78 is 88.8. The Labute approximate surface area is 113 Å². The zero-order valence-electron chi connectivity index (χ0n) is 11.3.